The van der Waals surface area contributed by atoms with Gasteiger partial charge in [-0.15, -0.1) is 0 Å². The van der Waals surface area contributed by atoms with E-state index >= 15 is 0 Å². The zero-order valence-electron chi connectivity index (χ0n) is 22.9. The van der Waals surface area contributed by atoms with Gasteiger partial charge in [-0.25, -0.2) is 4.98 Å². The van der Waals surface area contributed by atoms with E-state index in [0.29, 0.717) is 50.4 Å². The third-order valence-corrected chi connectivity index (χ3v) is 7.93. The molecule has 210 valence electrons. The molecule has 0 bridgehead atoms. The van der Waals surface area contributed by atoms with Gasteiger partial charge >= 0.3 is 0 Å². The number of nitrogens with one attached hydrogen (secondary N) is 4. The van der Waals surface area contributed by atoms with Gasteiger partial charge in [-0.3, -0.25) is 14.4 Å². The number of nitrogens with zero attached hydrogens (tertiary/aromatic N) is 1. The van der Waals surface area contributed by atoms with E-state index in [-0.39, 0.29) is 30.2 Å². The lowest BCUT2D eigenvalue weighted by Crippen LogP contribution is -2.46. The van der Waals surface area contributed by atoms with E-state index < -0.39 is 5.41 Å². The first-order valence-corrected chi connectivity index (χ1v) is 14.2. The van der Waals surface area contributed by atoms with E-state index in [9.17, 15) is 14.4 Å². The average molecular weight is 536 g/mol. The first-order valence-electron chi connectivity index (χ1n) is 14.2. The number of carbonyl (C=O) groups excluding carboxylic acids is 3. The van der Waals surface area contributed by atoms with Crippen LogP contribution in [0.5, 0.6) is 0 Å². The van der Waals surface area contributed by atoms with E-state index in [1.54, 1.807) is 18.3 Å². The molecule has 1 aromatic carbocycles. The third-order valence-electron chi connectivity index (χ3n) is 7.93. The molecule has 2 fully saturated rings. The molecule has 2 aromatic rings. The number of rotatable bonds is 7. The maximum absolute atomic E-state index is 12.7. The predicted octanol–water partition coefficient (Wildman–Crippen LogP) is 3.46. The minimum atomic E-state index is -0.447. The largest absolute Gasteiger partial charge is 0.381 e. The number of hydrogen-bond donors (Lipinski definition) is 4. The quantitative estimate of drug-likeness (QED) is 0.431. The highest BCUT2D eigenvalue weighted by molar-refractivity contribution is 5.96. The number of hydrogen-bond acceptors (Lipinski definition) is 6. The third kappa shape index (κ3) is 8.10. The topological polar surface area (TPSA) is 121 Å². The van der Waals surface area contributed by atoms with Gasteiger partial charge in [0.15, 0.2) is 0 Å². The monoisotopic (exact) mass is 535 g/mol. The highest BCUT2D eigenvalue weighted by atomic mass is 16.5. The summed E-state index contributed by atoms with van der Waals surface area (Å²) < 4.78 is 5.38. The maximum atomic E-state index is 12.7. The summed E-state index contributed by atoms with van der Waals surface area (Å²) in [5.41, 5.74) is 2.36. The van der Waals surface area contributed by atoms with Crippen molar-refractivity contribution in [3.63, 3.8) is 0 Å². The molecule has 0 saturated carbocycles. The first kappa shape index (κ1) is 28.7. The fourth-order valence-corrected chi connectivity index (χ4v) is 5.40. The van der Waals surface area contributed by atoms with Gasteiger partial charge in [0.1, 0.15) is 5.82 Å². The lowest BCUT2D eigenvalue weighted by atomic mass is 9.77. The summed E-state index contributed by atoms with van der Waals surface area (Å²) in [6.45, 7) is 5.57. The zero-order chi connectivity index (χ0) is 27.5. The molecule has 2 aliphatic heterocycles. The van der Waals surface area contributed by atoms with Gasteiger partial charge in [-0.05, 0) is 93.4 Å². The number of pyridine rings is 1. The molecule has 2 saturated heterocycles. The van der Waals surface area contributed by atoms with Crippen LogP contribution >= 0.6 is 0 Å². The normalized spacial score (nSPS) is 19.6. The molecule has 9 heteroatoms. The second-order valence-corrected chi connectivity index (χ2v) is 10.6. The van der Waals surface area contributed by atoms with Crippen LogP contribution in [-0.4, -0.2) is 55.6 Å². The summed E-state index contributed by atoms with van der Waals surface area (Å²) >= 11 is 0. The minimum Gasteiger partial charge on any atom is -0.381 e. The van der Waals surface area contributed by atoms with Crippen molar-refractivity contribution >= 4 is 29.2 Å². The van der Waals surface area contributed by atoms with E-state index in [1.807, 2.05) is 31.2 Å². The Morgan fingerprint density at radius 3 is 2.41 bits per heavy atom. The molecule has 0 radical (unpaired) electrons. The number of fused-ring (bicyclic) bond motifs is 1. The highest BCUT2D eigenvalue weighted by Gasteiger charge is 2.38. The molecule has 3 heterocycles. The number of carbonyl (C=O) groups is 3. The van der Waals surface area contributed by atoms with Crippen LogP contribution in [0, 0.1) is 11.3 Å². The number of piperidine rings is 1. The Morgan fingerprint density at radius 2 is 1.77 bits per heavy atom. The van der Waals surface area contributed by atoms with Crippen LogP contribution in [0.2, 0.25) is 0 Å². The fourth-order valence-electron chi connectivity index (χ4n) is 5.40. The van der Waals surface area contributed by atoms with Crippen LogP contribution in [0.1, 0.15) is 56.6 Å². The predicted molar refractivity (Wildman–Crippen MR) is 151 cm³/mol. The average Bonchev–Trinajstić information content (AvgIpc) is 3.42. The molecule has 1 atom stereocenters. The van der Waals surface area contributed by atoms with Gasteiger partial charge in [0.05, 0.1) is 12.0 Å². The Morgan fingerprint density at radius 1 is 1.00 bits per heavy atom. The molecule has 39 heavy (non-hydrogen) atoms. The van der Waals surface area contributed by atoms with Crippen molar-refractivity contribution in [3.05, 3.63) is 53.7 Å². The summed E-state index contributed by atoms with van der Waals surface area (Å²) in [7, 11) is 0. The van der Waals surface area contributed by atoms with Crippen LogP contribution in [0.15, 0.2) is 42.6 Å². The molecule has 0 spiro atoms. The lowest BCUT2D eigenvalue weighted by molar-refractivity contribution is -0.138. The van der Waals surface area contributed by atoms with E-state index in [0.717, 1.165) is 17.5 Å². The van der Waals surface area contributed by atoms with Crippen molar-refractivity contribution in [2.24, 2.45) is 11.3 Å². The van der Waals surface area contributed by atoms with Gasteiger partial charge in [-0.2, -0.15) is 0 Å². The fraction of sp³-hybridized carbons (Fsp3) is 0.533. The Bertz CT molecular complexity index is 1100. The lowest BCUT2D eigenvalue weighted by Gasteiger charge is -2.34. The maximum Gasteiger partial charge on any atom is 0.243 e. The summed E-state index contributed by atoms with van der Waals surface area (Å²) in [5, 5.41) is 11.8. The van der Waals surface area contributed by atoms with Gasteiger partial charge in [0, 0.05) is 31.0 Å². The molecule has 0 unspecified atom stereocenters. The Balaban J connectivity index is 0.000000519. The van der Waals surface area contributed by atoms with E-state index in [1.165, 1.54) is 32.4 Å². The highest BCUT2D eigenvalue weighted by Crippen LogP contribution is 2.34. The van der Waals surface area contributed by atoms with Crippen molar-refractivity contribution in [2.75, 3.05) is 43.5 Å². The van der Waals surface area contributed by atoms with Crippen molar-refractivity contribution in [1.29, 1.82) is 0 Å². The molecule has 3 amide bonds. The van der Waals surface area contributed by atoms with Crippen LogP contribution < -0.4 is 21.3 Å². The van der Waals surface area contributed by atoms with Crippen molar-refractivity contribution in [1.82, 2.24) is 15.6 Å². The molecule has 1 aliphatic carbocycles. The van der Waals surface area contributed by atoms with Crippen LogP contribution in [0.25, 0.3) is 0 Å². The molecule has 4 N–H and O–H groups in total. The van der Waals surface area contributed by atoms with Crippen LogP contribution in [0.3, 0.4) is 0 Å². The van der Waals surface area contributed by atoms with E-state index in [2.05, 4.69) is 26.3 Å². The number of ether oxygens (including phenoxy) is 1. The van der Waals surface area contributed by atoms with Gasteiger partial charge in [-0.1, -0.05) is 25.5 Å². The molecule has 3 aliphatic rings. The summed E-state index contributed by atoms with van der Waals surface area (Å²) in [5.74, 6) is -0.0459. The molecule has 5 rings (SSSR count). The molecular weight excluding hydrogens is 494 g/mol. The Labute approximate surface area is 230 Å². The second-order valence-electron chi connectivity index (χ2n) is 10.6. The van der Waals surface area contributed by atoms with Crippen molar-refractivity contribution in [3.8, 4) is 0 Å². The van der Waals surface area contributed by atoms with Crippen molar-refractivity contribution in [2.45, 2.75) is 58.3 Å². The number of benzene rings is 1. The number of aromatic nitrogens is 1. The van der Waals surface area contributed by atoms with Crippen molar-refractivity contribution < 1.29 is 19.1 Å². The number of anilines is 2. The summed E-state index contributed by atoms with van der Waals surface area (Å²) in [6.07, 6.45) is 9.20. The number of amides is 3. The van der Waals surface area contributed by atoms with Gasteiger partial charge in [0.2, 0.25) is 17.7 Å². The van der Waals surface area contributed by atoms with Crippen LogP contribution in [-0.2, 0) is 32.0 Å². The SMILES string of the molecule is C1CCNCC1.CCC1(C(=O)NCC(=O)Nc2ccc3c(c2)C[C@H](C(=O)Nc2ccccn2)C3)CCOCC1. The zero-order valence-corrected chi connectivity index (χ0v) is 22.9. The minimum absolute atomic E-state index is 0.0591. The first-order chi connectivity index (χ1) is 19.0. The van der Waals surface area contributed by atoms with Crippen LogP contribution in [0.4, 0.5) is 11.5 Å². The Hall–Kier alpha value is -3.30. The molecule has 1 aromatic heterocycles. The van der Waals surface area contributed by atoms with Gasteiger partial charge in [0.25, 0.3) is 0 Å². The Kier molecular flexibility index (Phi) is 10.4. The molecule has 9 nitrogen and oxygen atoms in total. The second kappa shape index (κ2) is 14.2. The smallest absolute Gasteiger partial charge is 0.243 e. The summed E-state index contributed by atoms with van der Waals surface area (Å²) in [6, 6.07) is 11.1. The summed E-state index contributed by atoms with van der Waals surface area (Å²) in [4.78, 5) is 41.9. The standard InChI is InChI=1S/C25H30N4O4.C5H11N/c1-2-25(8-11-33-12-9-25)24(32)27-16-22(30)28-20-7-6-17-13-19(14-18(17)15-20)23(31)29-21-5-3-4-10-26-21;1-2-4-6-5-3-1/h3-7,10,15,19H,2,8-9,11-14,16H2,1H3,(H,27,32)(H,28,30)(H,26,29,31);6H,1-5H2/t19-;/m1./s1. The van der Waals surface area contributed by atoms with Gasteiger partial charge < -0.3 is 26.0 Å². The van der Waals surface area contributed by atoms with E-state index in [4.69, 9.17) is 4.74 Å². The molecular formula is C30H41N5O4.